The number of hydrogen-bond acceptors (Lipinski definition) is 4. The van der Waals surface area contributed by atoms with Gasteiger partial charge in [-0.3, -0.25) is 5.43 Å². The third kappa shape index (κ3) is 3.94. The lowest BCUT2D eigenvalue weighted by Gasteiger charge is -1.96. The van der Waals surface area contributed by atoms with E-state index in [9.17, 15) is 0 Å². The Balaban J connectivity index is 1.66. The van der Waals surface area contributed by atoms with E-state index in [0.717, 1.165) is 30.6 Å². The summed E-state index contributed by atoms with van der Waals surface area (Å²) in [6.45, 7) is 0. The number of anilines is 1. The predicted molar refractivity (Wildman–Crippen MR) is 97.9 cm³/mol. The average Bonchev–Trinajstić information content (AvgIpc) is 2.99. The van der Waals surface area contributed by atoms with Crippen LogP contribution in [0.25, 0.3) is 10.4 Å². The maximum Gasteiger partial charge on any atom is 0.203 e. The van der Waals surface area contributed by atoms with E-state index in [1.165, 1.54) is 0 Å². The summed E-state index contributed by atoms with van der Waals surface area (Å²) in [5.74, 6) is 0. The van der Waals surface area contributed by atoms with Gasteiger partial charge < -0.3 is 0 Å². The number of hydrazone groups is 1. The number of nitrogens with one attached hydrogen (secondary N) is 1. The van der Waals surface area contributed by atoms with Crippen LogP contribution < -0.4 is 5.43 Å². The minimum absolute atomic E-state index is 0.728. The van der Waals surface area contributed by atoms with Crippen LogP contribution in [-0.4, -0.2) is 11.2 Å². The molecule has 3 nitrogen and oxygen atoms in total. The average molecular weight is 393 g/mol. The Morgan fingerprint density at radius 2 is 1.82 bits per heavy atom. The van der Waals surface area contributed by atoms with Crippen molar-refractivity contribution in [2.45, 2.75) is 0 Å². The molecule has 0 saturated heterocycles. The summed E-state index contributed by atoms with van der Waals surface area (Å²) in [7, 11) is 0. The summed E-state index contributed by atoms with van der Waals surface area (Å²) in [5.41, 5.74) is 5.06. The Morgan fingerprint density at radius 3 is 2.55 bits per heavy atom. The van der Waals surface area contributed by atoms with Gasteiger partial charge in [-0.05, 0) is 35.4 Å². The van der Waals surface area contributed by atoms with Crippen molar-refractivity contribution < 1.29 is 0 Å². The van der Waals surface area contributed by atoms with Gasteiger partial charge in [-0.2, -0.15) is 5.10 Å². The van der Waals surface area contributed by atoms with Crippen LogP contribution in [0.5, 0.6) is 0 Å². The molecular weight excluding hydrogens is 382 g/mol. The molecule has 3 rings (SSSR count). The van der Waals surface area contributed by atoms with Crippen molar-refractivity contribution >= 4 is 50.2 Å². The molecule has 1 aromatic heterocycles. The van der Waals surface area contributed by atoms with E-state index >= 15 is 0 Å². The minimum atomic E-state index is 0.728. The molecule has 0 radical (unpaired) electrons. The summed E-state index contributed by atoms with van der Waals surface area (Å²) < 4.78 is 1.05. The van der Waals surface area contributed by atoms with E-state index < -0.39 is 0 Å². The summed E-state index contributed by atoms with van der Waals surface area (Å²) in [4.78, 5) is 5.38. The third-order valence-electron chi connectivity index (χ3n) is 2.88. The highest BCUT2D eigenvalue weighted by Gasteiger charge is 2.03. The van der Waals surface area contributed by atoms with Crippen molar-refractivity contribution in [3.8, 4) is 10.4 Å². The first-order valence-electron chi connectivity index (χ1n) is 6.47. The van der Waals surface area contributed by atoms with Crippen molar-refractivity contribution in [3.63, 3.8) is 0 Å². The highest BCUT2D eigenvalue weighted by molar-refractivity contribution is 9.10. The summed E-state index contributed by atoms with van der Waals surface area (Å²) in [6, 6.07) is 15.6. The number of rotatable bonds is 4. The first kappa shape index (κ1) is 15.2. The van der Waals surface area contributed by atoms with Crippen LogP contribution in [0.2, 0.25) is 5.02 Å². The Hall–Kier alpha value is -1.69. The quantitative estimate of drug-likeness (QED) is 0.458. The lowest BCUT2D eigenvalue weighted by molar-refractivity contribution is 1.29. The zero-order valence-corrected chi connectivity index (χ0v) is 14.5. The molecule has 1 N–H and O–H groups in total. The second-order valence-electron chi connectivity index (χ2n) is 4.46. The largest absolute Gasteiger partial charge is 0.253 e. The first-order valence-corrected chi connectivity index (χ1v) is 8.46. The number of hydrogen-bond donors (Lipinski definition) is 1. The maximum atomic E-state index is 5.89. The van der Waals surface area contributed by atoms with Crippen molar-refractivity contribution in [2.24, 2.45) is 5.10 Å². The Bertz CT molecular complexity index is 782. The first-order chi connectivity index (χ1) is 10.7. The summed E-state index contributed by atoms with van der Waals surface area (Å²) in [6.07, 6.45) is 3.58. The molecule has 0 fully saturated rings. The molecule has 0 aliphatic carbocycles. The third-order valence-corrected chi connectivity index (χ3v) is 4.61. The van der Waals surface area contributed by atoms with Crippen LogP contribution in [0.4, 0.5) is 5.13 Å². The van der Waals surface area contributed by atoms with E-state index in [0.29, 0.717) is 0 Å². The number of thiazole rings is 1. The normalized spacial score (nSPS) is 11.0. The zero-order chi connectivity index (χ0) is 15.4. The van der Waals surface area contributed by atoms with Crippen LogP contribution in [0.3, 0.4) is 0 Å². The van der Waals surface area contributed by atoms with E-state index in [2.05, 4.69) is 31.4 Å². The fourth-order valence-electron chi connectivity index (χ4n) is 1.78. The van der Waals surface area contributed by atoms with Crippen molar-refractivity contribution in [2.75, 3.05) is 5.43 Å². The van der Waals surface area contributed by atoms with Gasteiger partial charge in [0.2, 0.25) is 5.13 Å². The van der Waals surface area contributed by atoms with Gasteiger partial charge in [-0.25, -0.2) is 4.98 Å². The molecule has 0 bridgehead atoms. The molecule has 0 saturated carbocycles. The van der Waals surface area contributed by atoms with Gasteiger partial charge in [0.1, 0.15) is 0 Å². The summed E-state index contributed by atoms with van der Waals surface area (Å²) >= 11 is 10.8. The molecule has 2 aromatic carbocycles. The van der Waals surface area contributed by atoms with Gasteiger partial charge in [-0.15, -0.1) is 0 Å². The maximum absolute atomic E-state index is 5.89. The molecule has 0 unspecified atom stereocenters. The van der Waals surface area contributed by atoms with Crippen molar-refractivity contribution in [3.05, 3.63) is 69.8 Å². The highest BCUT2D eigenvalue weighted by atomic mass is 79.9. The van der Waals surface area contributed by atoms with Crippen molar-refractivity contribution in [1.82, 2.24) is 4.98 Å². The van der Waals surface area contributed by atoms with E-state index in [4.69, 9.17) is 11.6 Å². The molecule has 0 spiro atoms. The fraction of sp³-hybridized carbons (Fsp3) is 0. The molecule has 0 amide bonds. The number of benzene rings is 2. The predicted octanol–water partition coefficient (Wildman–Crippen LogP) is 5.67. The van der Waals surface area contributed by atoms with Gasteiger partial charge in [-0.1, -0.05) is 63.1 Å². The molecule has 0 atom stereocenters. The SMILES string of the molecule is Clc1ccc(-c2cnc(N/N=C/c3ccc(Br)cc3)s2)cc1. The standard InChI is InChI=1S/C16H11BrClN3S/c17-13-5-1-11(2-6-13)9-20-21-16-19-10-15(22-16)12-3-7-14(18)8-4-12/h1-10H,(H,19,21)/b20-9+. The minimum Gasteiger partial charge on any atom is -0.253 e. The van der Waals surface area contributed by atoms with E-state index in [-0.39, 0.29) is 0 Å². The zero-order valence-electron chi connectivity index (χ0n) is 11.3. The molecule has 0 aliphatic rings. The summed E-state index contributed by atoms with van der Waals surface area (Å²) in [5, 5.41) is 5.68. The van der Waals surface area contributed by atoms with Gasteiger partial charge in [0.25, 0.3) is 0 Å². The second-order valence-corrected chi connectivity index (χ2v) is 6.84. The van der Waals surface area contributed by atoms with Gasteiger partial charge >= 0.3 is 0 Å². The smallest absolute Gasteiger partial charge is 0.203 e. The van der Waals surface area contributed by atoms with Crippen LogP contribution in [0, 0.1) is 0 Å². The monoisotopic (exact) mass is 391 g/mol. The Labute approximate surface area is 145 Å². The Kier molecular flexibility index (Phi) is 4.87. The number of nitrogens with zero attached hydrogens (tertiary/aromatic N) is 2. The van der Waals surface area contributed by atoms with E-state index in [1.807, 2.05) is 54.7 Å². The topological polar surface area (TPSA) is 37.3 Å². The number of aromatic nitrogens is 1. The molecule has 1 heterocycles. The lowest BCUT2D eigenvalue weighted by atomic mass is 10.2. The number of halogens is 2. The van der Waals surface area contributed by atoms with E-state index in [1.54, 1.807) is 17.6 Å². The van der Waals surface area contributed by atoms with Crippen LogP contribution >= 0.6 is 38.9 Å². The van der Waals surface area contributed by atoms with Crippen LogP contribution in [0.15, 0.2) is 64.3 Å². The van der Waals surface area contributed by atoms with Crippen LogP contribution in [0.1, 0.15) is 5.56 Å². The van der Waals surface area contributed by atoms with Crippen molar-refractivity contribution in [1.29, 1.82) is 0 Å². The molecule has 3 aromatic rings. The molecule has 0 aliphatic heterocycles. The Morgan fingerprint density at radius 1 is 1.09 bits per heavy atom. The molecule has 110 valence electrons. The van der Waals surface area contributed by atoms with Crippen LogP contribution in [-0.2, 0) is 0 Å². The van der Waals surface area contributed by atoms with Gasteiger partial charge in [0.15, 0.2) is 0 Å². The second kappa shape index (κ2) is 7.05. The lowest BCUT2D eigenvalue weighted by Crippen LogP contribution is -1.89. The van der Waals surface area contributed by atoms with Gasteiger partial charge in [0, 0.05) is 15.7 Å². The molecule has 22 heavy (non-hydrogen) atoms. The molecular formula is C16H11BrClN3S. The fourth-order valence-corrected chi connectivity index (χ4v) is 2.95. The van der Waals surface area contributed by atoms with Gasteiger partial charge in [0.05, 0.1) is 11.1 Å². The highest BCUT2D eigenvalue weighted by Crippen LogP contribution is 2.29. The molecule has 6 heteroatoms.